The van der Waals surface area contributed by atoms with Crippen molar-refractivity contribution in [1.29, 1.82) is 0 Å². The largest absolute Gasteiger partial charge is 0.434 e. The summed E-state index contributed by atoms with van der Waals surface area (Å²) in [5.41, 5.74) is 0.812. The number of rotatable bonds is 3. The molecule has 1 N–H and O–H groups in total. The Labute approximate surface area is 104 Å². The highest BCUT2D eigenvalue weighted by Crippen LogP contribution is 2.31. The minimum atomic E-state index is -2.77. The van der Waals surface area contributed by atoms with Crippen molar-refractivity contribution >= 4 is 11.8 Å². The molecule has 2 unspecified atom stereocenters. The molecular weight excluding hydrogens is 244 g/mol. The maximum absolute atomic E-state index is 12.3. The van der Waals surface area contributed by atoms with E-state index in [4.69, 9.17) is 0 Å². The van der Waals surface area contributed by atoms with Gasteiger partial charge in [-0.1, -0.05) is 18.2 Å². The van der Waals surface area contributed by atoms with Gasteiger partial charge in [0.1, 0.15) is 5.75 Å². The molecule has 0 amide bonds. The molecule has 0 saturated carbocycles. The van der Waals surface area contributed by atoms with Crippen molar-refractivity contribution in [3.05, 3.63) is 29.8 Å². The van der Waals surface area contributed by atoms with Gasteiger partial charge in [-0.15, -0.1) is 0 Å². The van der Waals surface area contributed by atoms with E-state index in [0.29, 0.717) is 6.04 Å². The third-order valence-corrected chi connectivity index (χ3v) is 3.95. The monoisotopic (exact) mass is 259 g/mol. The highest BCUT2D eigenvalue weighted by Gasteiger charge is 2.23. The second-order valence-electron chi connectivity index (χ2n) is 4.07. The summed E-state index contributed by atoms with van der Waals surface area (Å²) in [5, 5.41) is 3.40. The van der Waals surface area contributed by atoms with Crippen LogP contribution < -0.4 is 10.1 Å². The Kier molecular flexibility index (Phi) is 4.23. The molecule has 1 saturated heterocycles. The summed E-state index contributed by atoms with van der Waals surface area (Å²) in [6, 6.07) is 7.46. The Balaban J connectivity index is 2.18. The summed E-state index contributed by atoms with van der Waals surface area (Å²) in [5.74, 6) is 2.21. The third-order valence-electron chi connectivity index (χ3n) is 2.65. The van der Waals surface area contributed by atoms with Gasteiger partial charge in [-0.2, -0.15) is 20.5 Å². The molecule has 1 aliphatic heterocycles. The molecule has 0 aliphatic carbocycles. The summed E-state index contributed by atoms with van der Waals surface area (Å²) < 4.78 is 29.1. The first-order valence-electron chi connectivity index (χ1n) is 5.54. The topological polar surface area (TPSA) is 21.3 Å². The SMILES string of the molecule is CC1CSCC(c2ccccc2OC(F)F)N1. The fourth-order valence-electron chi connectivity index (χ4n) is 1.95. The summed E-state index contributed by atoms with van der Waals surface area (Å²) >= 11 is 1.83. The molecule has 1 fully saturated rings. The van der Waals surface area contributed by atoms with E-state index in [-0.39, 0.29) is 11.8 Å². The van der Waals surface area contributed by atoms with Crippen LogP contribution in [0.15, 0.2) is 24.3 Å². The van der Waals surface area contributed by atoms with Crippen LogP contribution >= 0.6 is 11.8 Å². The molecule has 2 rings (SSSR count). The lowest BCUT2D eigenvalue weighted by Crippen LogP contribution is -2.38. The average molecular weight is 259 g/mol. The number of para-hydroxylation sites is 1. The van der Waals surface area contributed by atoms with Gasteiger partial charge in [0.25, 0.3) is 0 Å². The summed E-state index contributed by atoms with van der Waals surface area (Å²) in [4.78, 5) is 0. The van der Waals surface area contributed by atoms with Crippen LogP contribution in [-0.2, 0) is 0 Å². The van der Waals surface area contributed by atoms with Gasteiger partial charge in [0.15, 0.2) is 0 Å². The minimum Gasteiger partial charge on any atom is -0.434 e. The van der Waals surface area contributed by atoms with E-state index in [9.17, 15) is 8.78 Å². The standard InChI is InChI=1S/C12H15F2NOS/c1-8-6-17-7-10(15-8)9-4-2-3-5-11(9)16-12(13)14/h2-5,8,10,12,15H,6-7H2,1H3. The highest BCUT2D eigenvalue weighted by molar-refractivity contribution is 7.99. The number of nitrogens with one attached hydrogen (secondary N) is 1. The molecule has 0 spiro atoms. The number of thioether (sulfide) groups is 1. The van der Waals surface area contributed by atoms with Gasteiger partial charge in [0.05, 0.1) is 0 Å². The molecule has 1 aromatic carbocycles. The first-order chi connectivity index (χ1) is 8.16. The Morgan fingerprint density at radius 2 is 2.12 bits per heavy atom. The molecule has 1 heterocycles. The van der Waals surface area contributed by atoms with Crippen LogP contribution in [-0.4, -0.2) is 24.2 Å². The smallest absolute Gasteiger partial charge is 0.387 e. The van der Waals surface area contributed by atoms with Gasteiger partial charge in [-0.3, -0.25) is 0 Å². The average Bonchev–Trinajstić information content (AvgIpc) is 2.29. The molecule has 94 valence electrons. The lowest BCUT2D eigenvalue weighted by Gasteiger charge is -2.29. The highest BCUT2D eigenvalue weighted by atomic mass is 32.2. The number of ether oxygens (including phenoxy) is 1. The molecule has 0 aromatic heterocycles. The van der Waals surface area contributed by atoms with Crippen LogP contribution in [0.4, 0.5) is 8.78 Å². The van der Waals surface area contributed by atoms with E-state index >= 15 is 0 Å². The number of halogens is 2. The lowest BCUT2D eigenvalue weighted by molar-refractivity contribution is -0.0506. The van der Waals surface area contributed by atoms with Gasteiger partial charge < -0.3 is 10.1 Å². The van der Waals surface area contributed by atoms with E-state index in [0.717, 1.165) is 17.1 Å². The van der Waals surface area contributed by atoms with Crippen molar-refractivity contribution in [3.8, 4) is 5.75 Å². The van der Waals surface area contributed by atoms with Crippen LogP contribution in [0, 0.1) is 0 Å². The van der Waals surface area contributed by atoms with Crippen molar-refractivity contribution in [2.24, 2.45) is 0 Å². The Hall–Kier alpha value is -0.810. The maximum Gasteiger partial charge on any atom is 0.387 e. The Morgan fingerprint density at radius 3 is 2.82 bits per heavy atom. The second kappa shape index (κ2) is 5.69. The second-order valence-corrected chi connectivity index (χ2v) is 5.15. The zero-order chi connectivity index (χ0) is 12.3. The van der Waals surface area contributed by atoms with Gasteiger partial charge in [-0.05, 0) is 13.0 Å². The van der Waals surface area contributed by atoms with Crippen molar-refractivity contribution in [3.63, 3.8) is 0 Å². The molecule has 0 bridgehead atoms. The van der Waals surface area contributed by atoms with Crippen LogP contribution in [0.5, 0.6) is 5.75 Å². The molecular formula is C12H15F2NOS. The van der Waals surface area contributed by atoms with E-state index in [1.807, 2.05) is 23.9 Å². The van der Waals surface area contributed by atoms with Crippen molar-refractivity contribution in [1.82, 2.24) is 5.32 Å². The number of hydrogen-bond acceptors (Lipinski definition) is 3. The lowest BCUT2D eigenvalue weighted by atomic mass is 10.1. The molecule has 1 aromatic rings. The van der Waals surface area contributed by atoms with Gasteiger partial charge in [0, 0.05) is 29.2 Å². The van der Waals surface area contributed by atoms with Gasteiger partial charge in [-0.25, -0.2) is 0 Å². The predicted molar refractivity (Wildman–Crippen MR) is 65.7 cm³/mol. The molecule has 17 heavy (non-hydrogen) atoms. The Morgan fingerprint density at radius 1 is 1.35 bits per heavy atom. The fourth-order valence-corrected chi connectivity index (χ4v) is 3.05. The summed E-state index contributed by atoms with van der Waals surface area (Å²) in [6.45, 7) is -0.680. The van der Waals surface area contributed by atoms with Crippen LogP contribution in [0.1, 0.15) is 18.5 Å². The summed E-state index contributed by atoms with van der Waals surface area (Å²) in [7, 11) is 0. The number of alkyl halides is 2. The number of hydrogen-bond donors (Lipinski definition) is 1. The summed E-state index contributed by atoms with van der Waals surface area (Å²) in [6.07, 6.45) is 0. The van der Waals surface area contributed by atoms with Crippen LogP contribution in [0.3, 0.4) is 0 Å². The zero-order valence-electron chi connectivity index (χ0n) is 9.53. The fraction of sp³-hybridized carbons (Fsp3) is 0.500. The van der Waals surface area contributed by atoms with Crippen molar-refractivity contribution in [2.75, 3.05) is 11.5 Å². The van der Waals surface area contributed by atoms with Gasteiger partial charge >= 0.3 is 6.61 Å². The predicted octanol–water partition coefficient (Wildman–Crippen LogP) is 3.05. The first-order valence-corrected chi connectivity index (χ1v) is 6.70. The van der Waals surface area contributed by atoms with Gasteiger partial charge in [0.2, 0.25) is 0 Å². The van der Waals surface area contributed by atoms with Crippen molar-refractivity contribution < 1.29 is 13.5 Å². The normalized spacial score (nSPS) is 24.9. The van der Waals surface area contributed by atoms with Crippen LogP contribution in [0.2, 0.25) is 0 Å². The van der Waals surface area contributed by atoms with Crippen molar-refractivity contribution in [2.45, 2.75) is 25.6 Å². The molecule has 2 atom stereocenters. The zero-order valence-corrected chi connectivity index (χ0v) is 10.3. The van der Waals surface area contributed by atoms with E-state index < -0.39 is 6.61 Å². The maximum atomic E-state index is 12.3. The van der Waals surface area contributed by atoms with E-state index in [1.54, 1.807) is 12.1 Å². The first kappa shape index (κ1) is 12.6. The van der Waals surface area contributed by atoms with E-state index in [1.165, 1.54) is 0 Å². The molecule has 1 aliphatic rings. The van der Waals surface area contributed by atoms with Crippen LogP contribution in [0.25, 0.3) is 0 Å². The molecule has 2 nitrogen and oxygen atoms in total. The third kappa shape index (κ3) is 3.33. The molecule has 0 radical (unpaired) electrons. The minimum absolute atomic E-state index is 0.0821. The number of benzene rings is 1. The van der Waals surface area contributed by atoms with E-state index in [2.05, 4.69) is 17.0 Å². The quantitative estimate of drug-likeness (QED) is 0.901. The molecule has 5 heteroatoms. The Bertz CT molecular complexity index is 375.